The first kappa shape index (κ1) is 25.7. The van der Waals surface area contributed by atoms with Crippen molar-refractivity contribution in [1.29, 1.82) is 0 Å². The van der Waals surface area contributed by atoms with Crippen LogP contribution in [0.1, 0.15) is 52.0 Å². The predicted octanol–water partition coefficient (Wildman–Crippen LogP) is 3.83. The van der Waals surface area contributed by atoms with Crippen molar-refractivity contribution in [1.82, 2.24) is 15.5 Å². The fraction of sp³-hybridized carbons (Fsp3) is 0.636. The molecule has 29 heavy (non-hydrogen) atoms. The highest BCUT2D eigenvalue weighted by Crippen LogP contribution is 2.17. The van der Waals surface area contributed by atoms with E-state index in [9.17, 15) is 4.79 Å². The van der Waals surface area contributed by atoms with Gasteiger partial charge in [0.2, 0.25) is 5.91 Å². The minimum absolute atomic E-state index is 0. The Balaban J connectivity index is 0.00000420. The molecule has 164 valence electrons. The highest BCUT2D eigenvalue weighted by molar-refractivity contribution is 14.0. The van der Waals surface area contributed by atoms with Crippen LogP contribution in [0.2, 0.25) is 0 Å². The van der Waals surface area contributed by atoms with E-state index in [1.165, 1.54) is 45.7 Å². The normalized spacial score (nSPS) is 16.5. The summed E-state index contributed by atoms with van der Waals surface area (Å²) in [7, 11) is 1.80. The van der Waals surface area contributed by atoms with Crippen LogP contribution in [0.3, 0.4) is 0 Å². The second-order valence-electron chi connectivity index (χ2n) is 7.95. The predicted molar refractivity (Wildman–Crippen MR) is 133 cm³/mol. The first-order chi connectivity index (χ1) is 13.5. The highest BCUT2D eigenvalue weighted by atomic mass is 127. The second-order valence-corrected chi connectivity index (χ2v) is 7.95. The van der Waals surface area contributed by atoms with Crippen molar-refractivity contribution in [2.75, 3.05) is 32.0 Å². The Morgan fingerprint density at radius 3 is 2.41 bits per heavy atom. The van der Waals surface area contributed by atoms with Gasteiger partial charge in [0, 0.05) is 38.8 Å². The van der Waals surface area contributed by atoms with Crippen molar-refractivity contribution in [2.24, 2.45) is 10.9 Å². The molecular weight excluding hydrogens is 477 g/mol. The first-order valence-electron chi connectivity index (χ1n) is 10.5. The number of halogens is 1. The minimum atomic E-state index is -0.0594. The van der Waals surface area contributed by atoms with Gasteiger partial charge in [-0.2, -0.15) is 0 Å². The standard InChI is InChI=1S/C22H37N5O.HI/c1-17(2)21(27-12-7-5-6-8-13-27)16-25-22(23-4)24-15-19-10-9-11-20(14-19)26-18(3)28;/h9-11,14,17,21H,5-8,12-13,15-16H2,1-4H3,(H,26,28)(H2,23,24,25);1H. The summed E-state index contributed by atoms with van der Waals surface area (Å²) in [5.41, 5.74) is 1.91. The van der Waals surface area contributed by atoms with Gasteiger partial charge in [-0.1, -0.05) is 38.8 Å². The minimum Gasteiger partial charge on any atom is -0.355 e. The Bertz CT molecular complexity index is 642. The van der Waals surface area contributed by atoms with Crippen molar-refractivity contribution in [3.63, 3.8) is 0 Å². The third-order valence-corrected chi connectivity index (χ3v) is 5.29. The molecule has 0 aromatic heterocycles. The highest BCUT2D eigenvalue weighted by Gasteiger charge is 2.22. The van der Waals surface area contributed by atoms with Crippen LogP contribution in [-0.4, -0.2) is 49.5 Å². The molecule has 0 bridgehead atoms. The van der Waals surface area contributed by atoms with E-state index in [0.29, 0.717) is 18.5 Å². The van der Waals surface area contributed by atoms with Gasteiger partial charge in [-0.15, -0.1) is 24.0 Å². The fourth-order valence-corrected chi connectivity index (χ4v) is 3.78. The van der Waals surface area contributed by atoms with Gasteiger partial charge in [-0.05, 0) is 49.5 Å². The number of aliphatic imine (C=N–C) groups is 1. The number of carbonyl (C=O) groups is 1. The summed E-state index contributed by atoms with van der Waals surface area (Å²) < 4.78 is 0. The maximum atomic E-state index is 11.2. The summed E-state index contributed by atoms with van der Waals surface area (Å²) in [6.45, 7) is 10.1. The van der Waals surface area contributed by atoms with Gasteiger partial charge in [-0.25, -0.2) is 0 Å². The summed E-state index contributed by atoms with van der Waals surface area (Å²) >= 11 is 0. The number of carbonyl (C=O) groups excluding carboxylic acids is 1. The van der Waals surface area contributed by atoms with Crippen molar-refractivity contribution < 1.29 is 4.79 Å². The van der Waals surface area contributed by atoms with Gasteiger partial charge < -0.3 is 16.0 Å². The molecule has 1 heterocycles. The number of guanidine groups is 1. The van der Waals surface area contributed by atoms with E-state index < -0.39 is 0 Å². The number of hydrogen-bond donors (Lipinski definition) is 3. The Labute approximate surface area is 193 Å². The summed E-state index contributed by atoms with van der Waals surface area (Å²) in [5, 5.41) is 9.72. The molecule has 7 heteroatoms. The largest absolute Gasteiger partial charge is 0.355 e. The Morgan fingerprint density at radius 1 is 1.14 bits per heavy atom. The summed E-state index contributed by atoms with van der Waals surface area (Å²) in [6, 6.07) is 8.38. The van der Waals surface area contributed by atoms with Crippen LogP contribution in [-0.2, 0) is 11.3 Å². The molecule has 2 rings (SSSR count). The SMILES string of the molecule is CN=C(NCc1cccc(NC(C)=O)c1)NCC(C(C)C)N1CCCCCC1.I. The van der Waals surface area contributed by atoms with Crippen LogP contribution in [0.4, 0.5) is 5.69 Å². The molecule has 1 unspecified atom stereocenters. The quantitative estimate of drug-likeness (QED) is 0.294. The molecule has 6 nitrogen and oxygen atoms in total. The topological polar surface area (TPSA) is 68.8 Å². The third-order valence-electron chi connectivity index (χ3n) is 5.29. The van der Waals surface area contributed by atoms with Gasteiger partial charge in [0.05, 0.1) is 0 Å². The van der Waals surface area contributed by atoms with E-state index in [2.05, 4.69) is 39.7 Å². The lowest BCUT2D eigenvalue weighted by Gasteiger charge is -2.34. The first-order valence-corrected chi connectivity index (χ1v) is 10.5. The van der Waals surface area contributed by atoms with E-state index in [4.69, 9.17) is 0 Å². The van der Waals surface area contributed by atoms with E-state index in [1.807, 2.05) is 24.3 Å². The van der Waals surface area contributed by atoms with Crippen molar-refractivity contribution in [3.8, 4) is 0 Å². The second kappa shape index (κ2) is 13.8. The number of amides is 1. The zero-order chi connectivity index (χ0) is 20.4. The van der Waals surface area contributed by atoms with Crippen LogP contribution < -0.4 is 16.0 Å². The average molecular weight is 515 g/mol. The Hall–Kier alpha value is -1.35. The number of benzene rings is 1. The smallest absolute Gasteiger partial charge is 0.221 e. The molecule has 1 fully saturated rings. The zero-order valence-corrected chi connectivity index (χ0v) is 20.7. The number of anilines is 1. The molecule has 1 aliphatic rings. The molecule has 1 amide bonds. The maximum absolute atomic E-state index is 11.2. The molecule has 1 aromatic rings. The molecule has 1 saturated heterocycles. The number of nitrogens with zero attached hydrogens (tertiary/aromatic N) is 2. The van der Waals surface area contributed by atoms with E-state index in [0.717, 1.165) is 23.8 Å². The van der Waals surface area contributed by atoms with E-state index in [-0.39, 0.29) is 29.9 Å². The fourth-order valence-electron chi connectivity index (χ4n) is 3.78. The lowest BCUT2D eigenvalue weighted by molar-refractivity contribution is -0.114. The molecule has 1 aromatic carbocycles. The number of nitrogens with one attached hydrogen (secondary N) is 3. The van der Waals surface area contributed by atoms with Gasteiger partial charge in [-0.3, -0.25) is 14.7 Å². The van der Waals surface area contributed by atoms with Crippen LogP contribution >= 0.6 is 24.0 Å². The molecule has 3 N–H and O–H groups in total. The summed E-state index contributed by atoms with van der Waals surface area (Å²) in [5.74, 6) is 1.35. The monoisotopic (exact) mass is 515 g/mol. The summed E-state index contributed by atoms with van der Waals surface area (Å²) in [6.07, 6.45) is 5.33. The van der Waals surface area contributed by atoms with Crippen LogP contribution in [0.5, 0.6) is 0 Å². The molecule has 0 radical (unpaired) electrons. The Morgan fingerprint density at radius 2 is 1.83 bits per heavy atom. The number of hydrogen-bond acceptors (Lipinski definition) is 3. The molecule has 0 spiro atoms. The van der Waals surface area contributed by atoms with Crippen molar-refractivity contribution >= 4 is 41.5 Å². The molecule has 1 atom stereocenters. The lowest BCUT2D eigenvalue weighted by atomic mass is 10.0. The van der Waals surface area contributed by atoms with Crippen LogP contribution in [0.15, 0.2) is 29.3 Å². The average Bonchev–Trinajstić information content (AvgIpc) is 2.93. The lowest BCUT2D eigenvalue weighted by Crippen LogP contribution is -2.49. The summed E-state index contributed by atoms with van der Waals surface area (Å²) in [4.78, 5) is 18.3. The van der Waals surface area contributed by atoms with Gasteiger partial charge in [0.25, 0.3) is 0 Å². The van der Waals surface area contributed by atoms with Crippen LogP contribution in [0.25, 0.3) is 0 Å². The zero-order valence-electron chi connectivity index (χ0n) is 18.3. The molecule has 0 aliphatic carbocycles. The Kier molecular flexibility index (Phi) is 12.2. The van der Waals surface area contributed by atoms with Gasteiger partial charge in [0.15, 0.2) is 5.96 Å². The van der Waals surface area contributed by atoms with Crippen LogP contribution in [0, 0.1) is 5.92 Å². The molecule has 1 aliphatic heterocycles. The number of rotatable bonds is 7. The molecular formula is C22H38IN5O. The van der Waals surface area contributed by atoms with Crippen molar-refractivity contribution in [2.45, 2.75) is 59.0 Å². The van der Waals surface area contributed by atoms with E-state index >= 15 is 0 Å². The van der Waals surface area contributed by atoms with E-state index in [1.54, 1.807) is 7.05 Å². The van der Waals surface area contributed by atoms with Gasteiger partial charge >= 0.3 is 0 Å². The van der Waals surface area contributed by atoms with Gasteiger partial charge in [0.1, 0.15) is 0 Å². The molecule has 0 saturated carbocycles. The number of likely N-dealkylation sites (tertiary alicyclic amines) is 1. The maximum Gasteiger partial charge on any atom is 0.221 e. The van der Waals surface area contributed by atoms with Crippen molar-refractivity contribution in [3.05, 3.63) is 29.8 Å². The third kappa shape index (κ3) is 9.33.